The van der Waals surface area contributed by atoms with Crippen molar-refractivity contribution in [2.75, 3.05) is 0 Å². The van der Waals surface area contributed by atoms with E-state index in [1.165, 1.54) is 11.1 Å². The van der Waals surface area contributed by atoms with E-state index in [2.05, 4.69) is 131 Å². The molecule has 234 valence electrons. The fourth-order valence-electron chi connectivity index (χ4n) is 5.84. The Hall–Kier alpha value is -4.47. The van der Waals surface area contributed by atoms with Crippen molar-refractivity contribution in [2.45, 2.75) is 52.4 Å². The van der Waals surface area contributed by atoms with Gasteiger partial charge in [-0.2, -0.15) is 18.2 Å². The van der Waals surface area contributed by atoms with Crippen LogP contribution in [0.4, 0.5) is 0 Å². The van der Waals surface area contributed by atoms with Gasteiger partial charge in [-0.05, 0) is 57.3 Å². The zero-order valence-electron chi connectivity index (χ0n) is 26.9. The van der Waals surface area contributed by atoms with E-state index < -0.39 is 0 Å². The first kappa shape index (κ1) is 31.5. The largest absolute Gasteiger partial charge is 0.510 e. The summed E-state index contributed by atoms with van der Waals surface area (Å²) in [5.74, 6) is 2.07. The third-order valence-corrected chi connectivity index (χ3v) is 8.18. The monoisotopic (exact) mass is 783 g/mol. The first-order valence-electron chi connectivity index (χ1n) is 15.3. The van der Waals surface area contributed by atoms with Crippen LogP contribution in [-0.4, -0.2) is 14.1 Å². The van der Waals surface area contributed by atoms with Crippen molar-refractivity contribution >= 4 is 21.8 Å². The van der Waals surface area contributed by atoms with Gasteiger partial charge in [0.1, 0.15) is 5.82 Å². The van der Waals surface area contributed by atoms with E-state index >= 15 is 0 Å². The standard InChI is InChI=1S/C40H36N4O.Pt/c1-39(2,3)28-20-21-41-38(24-28)44-35-16-9-7-14-32(35)33-19-18-31(26-37(33)44)45-30-13-11-12-29(25-30)42-22-23-43(27-42)36-17-10-8-15-34(36)40(4,5)6;/h7-24H,1-6H3;/q-2;. The molecule has 5 nitrogen and oxygen atoms in total. The van der Waals surface area contributed by atoms with Gasteiger partial charge in [-0.25, -0.2) is 4.98 Å². The molecule has 0 aliphatic heterocycles. The van der Waals surface area contributed by atoms with E-state index in [-0.39, 0.29) is 31.9 Å². The molecule has 3 heterocycles. The van der Waals surface area contributed by atoms with Crippen LogP contribution in [0.3, 0.4) is 0 Å². The van der Waals surface area contributed by atoms with Gasteiger partial charge in [-0.1, -0.05) is 83.5 Å². The van der Waals surface area contributed by atoms with Gasteiger partial charge < -0.3 is 13.9 Å². The van der Waals surface area contributed by atoms with Crippen molar-refractivity contribution < 1.29 is 30.4 Å². The predicted octanol–water partition coefficient (Wildman–Crippen LogP) is 9.03. The van der Waals surface area contributed by atoms with Crippen LogP contribution in [0.1, 0.15) is 52.7 Å². The Bertz CT molecular complexity index is 2180. The van der Waals surface area contributed by atoms with Gasteiger partial charge in [-0.3, -0.25) is 4.57 Å². The third kappa shape index (κ3) is 5.92. The number of benzene rings is 4. The Morgan fingerprint density at radius 3 is 2.30 bits per heavy atom. The van der Waals surface area contributed by atoms with Crippen molar-refractivity contribution in [1.82, 2.24) is 14.1 Å². The zero-order chi connectivity index (χ0) is 31.3. The number of pyridine rings is 1. The van der Waals surface area contributed by atoms with Crippen molar-refractivity contribution in [3.63, 3.8) is 0 Å². The van der Waals surface area contributed by atoms with Crippen molar-refractivity contribution in [3.8, 4) is 28.7 Å². The van der Waals surface area contributed by atoms with Gasteiger partial charge in [0.05, 0.1) is 5.69 Å². The topological polar surface area (TPSA) is 35.9 Å². The first-order valence-corrected chi connectivity index (χ1v) is 15.3. The van der Waals surface area contributed by atoms with Gasteiger partial charge in [0.25, 0.3) is 6.33 Å². The van der Waals surface area contributed by atoms with E-state index in [0.717, 1.165) is 39.0 Å². The molecular formula is C40H36N4OPt-2. The fraction of sp³-hybridized carbons (Fsp3) is 0.200. The SMILES string of the molecule is CC(C)(C)c1ccnc(-n2c3[c-]c(Oc4[c-]c(-n5[c-][n+](-c6ccccc6C(C)(C)C)cc5)ccc4)ccc3c3ccccc32)c1.[Pt]. The Balaban J connectivity index is 0.00000372. The molecule has 0 saturated carbocycles. The number of fused-ring (bicyclic) bond motifs is 3. The summed E-state index contributed by atoms with van der Waals surface area (Å²) in [4.78, 5) is 4.78. The molecule has 7 rings (SSSR count). The number of ether oxygens (including phenoxy) is 1. The number of hydrogen-bond acceptors (Lipinski definition) is 2. The molecule has 0 N–H and O–H groups in total. The minimum absolute atomic E-state index is 0. The summed E-state index contributed by atoms with van der Waals surface area (Å²) < 4.78 is 12.5. The number of rotatable bonds is 5. The summed E-state index contributed by atoms with van der Waals surface area (Å²) in [6.07, 6.45) is 9.36. The summed E-state index contributed by atoms with van der Waals surface area (Å²) in [6.45, 7) is 13.3. The Morgan fingerprint density at radius 1 is 0.739 bits per heavy atom. The van der Waals surface area contributed by atoms with Crippen molar-refractivity contribution in [2.24, 2.45) is 0 Å². The molecule has 0 unspecified atom stereocenters. The van der Waals surface area contributed by atoms with E-state index in [9.17, 15) is 0 Å². The minimum atomic E-state index is 0. The van der Waals surface area contributed by atoms with Gasteiger partial charge in [-0.15, -0.1) is 29.7 Å². The van der Waals surface area contributed by atoms with Crippen LogP contribution in [0, 0.1) is 18.5 Å². The average Bonchev–Trinajstić information content (AvgIpc) is 3.64. The molecule has 0 atom stereocenters. The maximum atomic E-state index is 6.39. The average molecular weight is 784 g/mol. The number of hydrogen-bond donors (Lipinski definition) is 0. The maximum Gasteiger partial charge on any atom is 0.267 e. The molecule has 0 fully saturated rings. The molecule has 3 aromatic heterocycles. The van der Waals surface area contributed by atoms with Crippen LogP contribution >= 0.6 is 0 Å². The van der Waals surface area contributed by atoms with Crippen molar-refractivity contribution in [3.05, 3.63) is 139 Å². The van der Waals surface area contributed by atoms with E-state index in [1.54, 1.807) is 0 Å². The Kier molecular flexibility index (Phi) is 8.25. The molecule has 0 bridgehead atoms. The normalized spacial score (nSPS) is 12.0. The molecular weight excluding hydrogens is 748 g/mol. The molecule has 0 aliphatic rings. The van der Waals surface area contributed by atoms with E-state index in [1.807, 2.05) is 52.0 Å². The molecule has 0 amide bonds. The van der Waals surface area contributed by atoms with Crippen molar-refractivity contribution in [1.29, 1.82) is 0 Å². The second kappa shape index (κ2) is 12.0. The second-order valence-corrected chi connectivity index (χ2v) is 13.5. The first-order chi connectivity index (χ1) is 21.6. The molecule has 0 saturated heterocycles. The quantitative estimate of drug-likeness (QED) is 0.129. The molecule has 0 radical (unpaired) electrons. The predicted molar refractivity (Wildman–Crippen MR) is 180 cm³/mol. The summed E-state index contributed by atoms with van der Waals surface area (Å²) in [6, 6.07) is 38.1. The molecule has 6 heteroatoms. The van der Waals surface area contributed by atoms with Crippen LogP contribution in [0.5, 0.6) is 11.5 Å². The summed E-state index contributed by atoms with van der Waals surface area (Å²) >= 11 is 0. The van der Waals surface area contributed by atoms with E-state index in [4.69, 9.17) is 9.72 Å². The Labute approximate surface area is 285 Å². The van der Waals surface area contributed by atoms with Crippen LogP contribution in [0.25, 0.3) is 39.0 Å². The molecule has 0 spiro atoms. The molecule has 7 aromatic rings. The van der Waals surface area contributed by atoms with Gasteiger partial charge in [0, 0.05) is 56.7 Å². The van der Waals surface area contributed by atoms with Gasteiger partial charge in [0.15, 0.2) is 0 Å². The maximum absolute atomic E-state index is 6.39. The molecule has 0 aliphatic carbocycles. The van der Waals surface area contributed by atoms with Gasteiger partial charge >= 0.3 is 0 Å². The number of imidazole rings is 1. The van der Waals surface area contributed by atoms with Crippen LogP contribution < -0.4 is 9.30 Å². The summed E-state index contributed by atoms with van der Waals surface area (Å²) in [5, 5.41) is 2.25. The van der Waals surface area contributed by atoms with E-state index in [0.29, 0.717) is 11.5 Å². The van der Waals surface area contributed by atoms with Crippen LogP contribution in [0.15, 0.2) is 110 Å². The van der Waals surface area contributed by atoms with Gasteiger partial charge in [0.2, 0.25) is 0 Å². The summed E-state index contributed by atoms with van der Waals surface area (Å²) in [7, 11) is 0. The second-order valence-electron chi connectivity index (χ2n) is 13.5. The third-order valence-electron chi connectivity index (χ3n) is 8.18. The molecule has 4 aromatic carbocycles. The number of nitrogens with zero attached hydrogens (tertiary/aromatic N) is 4. The summed E-state index contributed by atoms with van der Waals surface area (Å²) in [5.41, 5.74) is 6.43. The van der Waals surface area contributed by atoms with Crippen LogP contribution in [0.2, 0.25) is 0 Å². The molecule has 46 heavy (non-hydrogen) atoms. The number of para-hydroxylation sites is 2. The Morgan fingerprint density at radius 2 is 1.50 bits per heavy atom. The number of aromatic nitrogens is 4. The smallest absolute Gasteiger partial charge is 0.267 e. The zero-order valence-corrected chi connectivity index (χ0v) is 29.2. The minimum Gasteiger partial charge on any atom is -0.510 e. The fourth-order valence-corrected chi connectivity index (χ4v) is 5.84. The van der Waals surface area contributed by atoms with Crippen LogP contribution in [-0.2, 0) is 31.9 Å².